The van der Waals surface area contributed by atoms with Gasteiger partial charge in [0.1, 0.15) is 6.61 Å². The molecule has 1 heterocycles. The van der Waals surface area contributed by atoms with Crippen LogP contribution in [0.25, 0.3) is 0 Å². The van der Waals surface area contributed by atoms with Crippen LogP contribution in [-0.4, -0.2) is 48.0 Å². The van der Waals surface area contributed by atoms with Gasteiger partial charge in [-0.05, 0) is 17.4 Å². The number of hydrogen-bond donors (Lipinski definition) is 0. The van der Waals surface area contributed by atoms with E-state index in [1.54, 1.807) is 4.90 Å². The van der Waals surface area contributed by atoms with Crippen molar-refractivity contribution in [3.8, 4) is 0 Å². The second kappa shape index (κ2) is 8.18. The highest BCUT2D eigenvalue weighted by atomic mass is 16.6. The monoisotopic (exact) mass is 332 g/mol. The van der Waals surface area contributed by atoms with Crippen molar-refractivity contribution >= 4 is 12.0 Å². The van der Waals surface area contributed by atoms with E-state index in [-0.39, 0.29) is 24.0 Å². The topological polar surface area (TPSA) is 49.9 Å². The number of amides is 2. The van der Waals surface area contributed by atoms with Crippen LogP contribution in [0.3, 0.4) is 0 Å². The Balaban J connectivity index is 1.81. The summed E-state index contributed by atoms with van der Waals surface area (Å²) < 4.78 is 5.38. The fraction of sp³-hybridized carbons (Fsp3) is 0.579. The minimum Gasteiger partial charge on any atom is -0.445 e. The van der Waals surface area contributed by atoms with E-state index in [1.165, 1.54) is 0 Å². The molecular formula is C19H28N2O3. The predicted octanol–water partition coefficient (Wildman–Crippen LogP) is 3.29. The molecule has 1 aliphatic heterocycles. The first kappa shape index (κ1) is 18.3. The molecule has 1 aromatic rings. The van der Waals surface area contributed by atoms with E-state index in [1.807, 2.05) is 35.2 Å². The van der Waals surface area contributed by atoms with Gasteiger partial charge in [-0.2, -0.15) is 0 Å². The third-order valence-electron chi connectivity index (χ3n) is 3.99. The van der Waals surface area contributed by atoms with Gasteiger partial charge in [0.05, 0.1) is 0 Å². The molecule has 1 fully saturated rings. The van der Waals surface area contributed by atoms with Gasteiger partial charge in [0.2, 0.25) is 5.91 Å². The Morgan fingerprint density at radius 1 is 1.00 bits per heavy atom. The lowest BCUT2D eigenvalue weighted by molar-refractivity contribution is -0.132. The van der Waals surface area contributed by atoms with E-state index < -0.39 is 0 Å². The zero-order valence-corrected chi connectivity index (χ0v) is 15.0. The average Bonchev–Trinajstić information content (AvgIpc) is 2.78. The Bertz CT molecular complexity index is 551. The largest absolute Gasteiger partial charge is 0.445 e. The van der Waals surface area contributed by atoms with Crippen LogP contribution in [0, 0.1) is 5.41 Å². The summed E-state index contributed by atoms with van der Waals surface area (Å²) in [7, 11) is 0. The molecule has 132 valence electrons. The first-order valence-electron chi connectivity index (χ1n) is 8.58. The molecule has 0 saturated carbocycles. The first-order valence-corrected chi connectivity index (χ1v) is 8.58. The van der Waals surface area contributed by atoms with Crippen molar-refractivity contribution in [2.45, 2.75) is 40.2 Å². The highest BCUT2D eigenvalue weighted by Crippen LogP contribution is 2.20. The van der Waals surface area contributed by atoms with Crippen LogP contribution >= 0.6 is 0 Å². The third kappa shape index (κ3) is 5.87. The molecule has 5 nitrogen and oxygen atoms in total. The van der Waals surface area contributed by atoms with Crippen LogP contribution in [0.1, 0.15) is 39.2 Å². The number of rotatable bonds is 3. The molecule has 0 spiro atoms. The molecular weight excluding hydrogens is 304 g/mol. The summed E-state index contributed by atoms with van der Waals surface area (Å²) in [5, 5.41) is 0. The summed E-state index contributed by atoms with van der Waals surface area (Å²) in [6, 6.07) is 9.65. The molecule has 0 bridgehead atoms. The number of carbonyl (C=O) groups is 2. The lowest BCUT2D eigenvalue weighted by Crippen LogP contribution is -2.38. The van der Waals surface area contributed by atoms with Crippen LogP contribution in [0.4, 0.5) is 4.79 Å². The molecule has 1 aromatic carbocycles. The quantitative estimate of drug-likeness (QED) is 0.853. The first-order chi connectivity index (χ1) is 11.3. The Hall–Kier alpha value is -2.04. The standard InChI is InChI=1S/C19H28N2O3/c1-19(2,3)14-17(22)20-10-7-11-21(13-12-20)18(23)24-15-16-8-5-4-6-9-16/h4-6,8-9H,7,10-15H2,1-3H3. The number of benzene rings is 1. The van der Waals surface area contributed by atoms with Crippen molar-refractivity contribution in [2.75, 3.05) is 26.2 Å². The maximum absolute atomic E-state index is 12.3. The van der Waals surface area contributed by atoms with Crippen molar-refractivity contribution < 1.29 is 14.3 Å². The molecule has 0 aliphatic carbocycles. The predicted molar refractivity (Wildman–Crippen MR) is 93.5 cm³/mol. The van der Waals surface area contributed by atoms with Crippen molar-refractivity contribution in [3.63, 3.8) is 0 Å². The minimum atomic E-state index is -0.302. The van der Waals surface area contributed by atoms with E-state index in [4.69, 9.17) is 4.74 Å². The Morgan fingerprint density at radius 3 is 2.29 bits per heavy atom. The van der Waals surface area contributed by atoms with Crippen molar-refractivity contribution in [1.29, 1.82) is 0 Å². The third-order valence-corrected chi connectivity index (χ3v) is 3.99. The molecule has 24 heavy (non-hydrogen) atoms. The van der Waals surface area contributed by atoms with Gasteiger partial charge in [0.15, 0.2) is 0 Å². The van der Waals surface area contributed by atoms with Gasteiger partial charge in [0, 0.05) is 32.6 Å². The lowest BCUT2D eigenvalue weighted by Gasteiger charge is -2.25. The molecule has 0 unspecified atom stereocenters. The molecule has 0 radical (unpaired) electrons. The molecule has 1 saturated heterocycles. The van der Waals surface area contributed by atoms with Gasteiger partial charge in [-0.25, -0.2) is 4.79 Å². The lowest BCUT2D eigenvalue weighted by atomic mass is 9.91. The second-order valence-corrected chi connectivity index (χ2v) is 7.50. The van der Waals surface area contributed by atoms with Gasteiger partial charge in [-0.15, -0.1) is 0 Å². The van der Waals surface area contributed by atoms with Gasteiger partial charge in [-0.1, -0.05) is 51.1 Å². The fourth-order valence-electron chi connectivity index (χ4n) is 2.73. The van der Waals surface area contributed by atoms with E-state index in [0.717, 1.165) is 12.0 Å². The molecule has 0 aromatic heterocycles. The fourth-order valence-corrected chi connectivity index (χ4v) is 2.73. The summed E-state index contributed by atoms with van der Waals surface area (Å²) in [6.45, 7) is 8.92. The highest BCUT2D eigenvalue weighted by Gasteiger charge is 2.25. The highest BCUT2D eigenvalue weighted by molar-refractivity contribution is 5.77. The second-order valence-electron chi connectivity index (χ2n) is 7.50. The summed E-state index contributed by atoms with van der Waals surface area (Å²) in [4.78, 5) is 28.1. The maximum Gasteiger partial charge on any atom is 0.410 e. The van der Waals surface area contributed by atoms with E-state index in [9.17, 15) is 9.59 Å². The molecule has 2 amide bonds. The van der Waals surface area contributed by atoms with E-state index in [2.05, 4.69) is 20.8 Å². The maximum atomic E-state index is 12.3. The number of ether oxygens (including phenoxy) is 1. The van der Waals surface area contributed by atoms with Crippen LogP contribution in [0.2, 0.25) is 0 Å². The molecule has 0 atom stereocenters. The van der Waals surface area contributed by atoms with Gasteiger partial charge < -0.3 is 14.5 Å². The molecule has 5 heteroatoms. The summed E-state index contributed by atoms with van der Waals surface area (Å²) in [5.74, 6) is 0.169. The number of carbonyl (C=O) groups excluding carboxylic acids is 2. The molecule has 0 N–H and O–H groups in total. The average molecular weight is 332 g/mol. The number of nitrogens with zero attached hydrogens (tertiary/aromatic N) is 2. The Labute approximate surface area is 144 Å². The SMILES string of the molecule is CC(C)(C)CC(=O)N1CCCN(C(=O)OCc2ccccc2)CC1. The van der Waals surface area contributed by atoms with Gasteiger partial charge in [-0.3, -0.25) is 4.79 Å². The zero-order valence-electron chi connectivity index (χ0n) is 15.0. The summed E-state index contributed by atoms with van der Waals surface area (Å²) in [5.41, 5.74) is 0.958. The Morgan fingerprint density at radius 2 is 1.62 bits per heavy atom. The van der Waals surface area contributed by atoms with Crippen molar-refractivity contribution in [1.82, 2.24) is 9.80 Å². The molecule has 1 aliphatic rings. The smallest absolute Gasteiger partial charge is 0.410 e. The molecule has 2 rings (SSSR count). The number of hydrogen-bond acceptors (Lipinski definition) is 3. The minimum absolute atomic E-state index is 0.0162. The van der Waals surface area contributed by atoms with Crippen molar-refractivity contribution in [3.05, 3.63) is 35.9 Å². The Kier molecular flexibility index (Phi) is 6.23. The summed E-state index contributed by atoms with van der Waals surface area (Å²) >= 11 is 0. The van der Waals surface area contributed by atoms with Crippen LogP contribution < -0.4 is 0 Å². The summed E-state index contributed by atoms with van der Waals surface area (Å²) in [6.07, 6.45) is 1.02. The van der Waals surface area contributed by atoms with Crippen LogP contribution in [0.5, 0.6) is 0 Å². The van der Waals surface area contributed by atoms with E-state index in [0.29, 0.717) is 32.6 Å². The normalized spacial score (nSPS) is 15.8. The van der Waals surface area contributed by atoms with Gasteiger partial charge >= 0.3 is 6.09 Å². The van der Waals surface area contributed by atoms with E-state index >= 15 is 0 Å². The van der Waals surface area contributed by atoms with Crippen LogP contribution in [0.15, 0.2) is 30.3 Å². The van der Waals surface area contributed by atoms with Crippen LogP contribution in [-0.2, 0) is 16.1 Å². The van der Waals surface area contributed by atoms with Gasteiger partial charge in [0.25, 0.3) is 0 Å². The zero-order chi connectivity index (χ0) is 17.6. The van der Waals surface area contributed by atoms with Crippen molar-refractivity contribution in [2.24, 2.45) is 5.41 Å².